The van der Waals surface area contributed by atoms with E-state index in [0.29, 0.717) is 0 Å². The average molecular weight is 319 g/mol. The number of H-pyrrole nitrogens is 1. The number of nitrogens with zero attached hydrogens (tertiary/aromatic N) is 2. The summed E-state index contributed by atoms with van der Waals surface area (Å²) in [6, 6.07) is 12.7. The summed E-state index contributed by atoms with van der Waals surface area (Å²) >= 11 is 5.07. The van der Waals surface area contributed by atoms with Crippen molar-refractivity contribution >= 4 is 34.9 Å². The number of thiophene rings is 1. The highest BCUT2D eigenvalue weighted by molar-refractivity contribution is 7.98. The van der Waals surface area contributed by atoms with Crippen molar-refractivity contribution in [3.05, 3.63) is 47.3 Å². The Hall–Kier alpha value is -1.24. The molecule has 3 aromatic rings. The summed E-state index contributed by atoms with van der Waals surface area (Å²) < 4.78 is 0. The van der Waals surface area contributed by atoms with Crippen LogP contribution in [-0.4, -0.2) is 21.4 Å². The van der Waals surface area contributed by atoms with E-state index in [1.54, 1.807) is 34.9 Å². The summed E-state index contributed by atoms with van der Waals surface area (Å²) in [5.41, 5.74) is 1.29. The van der Waals surface area contributed by atoms with Crippen LogP contribution >= 0.6 is 34.9 Å². The molecule has 0 unspecified atom stereocenters. The highest BCUT2D eigenvalue weighted by Gasteiger charge is 2.07. The first-order valence-electron chi connectivity index (χ1n) is 6.07. The number of nitrogens with one attached hydrogen (secondary N) is 1. The Morgan fingerprint density at radius 1 is 1.20 bits per heavy atom. The monoisotopic (exact) mass is 319 g/mol. The molecule has 0 radical (unpaired) electrons. The van der Waals surface area contributed by atoms with Gasteiger partial charge in [0.05, 0.1) is 4.88 Å². The molecule has 0 atom stereocenters. The lowest BCUT2D eigenvalue weighted by Gasteiger charge is -2.00. The molecule has 0 aliphatic carbocycles. The smallest absolute Gasteiger partial charge is 0.209 e. The van der Waals surface area contributed by atoms with Crippen LogP contribution in [0.25, 0.3) is 10.7 Å². The van der Waals surface area contributed by atoms with Crippen molar-refractivity contribution in [1.29, 1.82) is 0 Å². The number of aromatic nitrogens is 3. The fourth-order valence-corrected chi connectivity index (χ4v) is 3.53. The maximum absolute atomic E-state index is 4.50. The Balaban J connectivity index is 1.63. The second kappa shape index (κ2) is 6.47. The van der Waals surface area contributed by atoms with Crippen molar-refractivity contribution in [2.24, 2.45) is 0 Å². The van der Waals surface area contributed by atoms with Gasteiger partial charge in [-0.15, -0.1) is 28.2 Å². The number of aromatic amines is 1. The van der Waals surface area contributed by atoms with E-state index < -0.39 is 0 Å². The SMILES string of the molecule is CSc1ccc(CSc2n[nH]c(-c3cccs3)n2)cc1. The number of hydrogen-bond acceptors (Lipinski definition) is 5. The van der Waals surface area contributed by atoms with Gasteiger partial charge in [-0.2, -0.15) is 0 Å². The summed E-state index contributed by atoms with van der Waals surface area (Å²) in [7, 11) is 0. The van der Waals surface area contributed by atoms with E-state index >= 15 is 0 Å². The third-order valence-electron chi connectivity index (χ3n) is 2.75. The lowest BCUT2D eigenvalue weighted by atomic mass is 10.2. The standard InChI is InChI=1S/C14H13N3S3/c1-18-11-6-4-10(5-7-11)9-20-14-15-13(16-17-14)12-3-2-8-19-12/h2-8H,9H2,1H3,(H,15,16,17). The molecular formula is C14H13N3S3. The topological polar surface area (TPSA) is 41.6 Å². The van der Waals surface area contributed by atoms with E-state index in [2.05, 4.69) is 45.7 Å². The van der Waals surface area contributed by atoms with E-state index in [1.807, 2.05) is 17.5 Å². The van der Waals surface area contributed by atoms with Crippen molar-refractivity contribution in [2.75, 3.05) is 6.26 Å². The highest BCUT2D eigenvalue weighted by Crippen LogP contribution is 2.25. The molecule has 1 aromatic carbocycles. The summed E-state index contributed by atoms with van der Waals surface area (Å²) in [6.45, 7) is 0. The molecule has 0 bridgehead atoms. The Morgan fingerprint density at radius 2 is 2.05 bits per heavy atom. The first-order valence-corrected chi connectivity index (χ1v) is 9.16. The van der Waals surface area contributed by atoms with Gasteiger partial charge in [0.1, 0.15) is 0 Å². The van der Waals surface area contributed by atoms with Crippen molar-refractivity contribution in [3.63, 3.8) is 0 Å². The van der Waals surface area contributed by atoms with Crippen LogP contribution in [0, 0.1) is 0 Å². The molecule has 0 aliphatic rings. The molecule has 1 N–H and O–H groups in total. The number of rotatable bonds is 5. The van der Waals surface area contributed by atoms with Crippen LogP contribution < -0.4 is 0 Å². The fourth-order valence-electron chi connectivity index (χ4n) is 1.70. The van der Waals surface area contributed by atoms with Crippen molar-refractivity contribution < 1.29 is 0 Å². The van der Waals surface area contributed by atoms with E-state index in [9.17, 15) is 0 Å². The Bertz CT molecular complexity index is 659. The van der Waals surface area contributed by atoms with Crippen LogP contribution in [0.15, 0.2) is 51.8 Å². The van der Waals surface area contributed by atoms with Gasteiger partial charge in [-0.1, -0.05) is 30.0 Å². The Morgan fingerprint density at radius 3 is 2.75 bits per heavy atom. The minimum Gasteiger partial charge on any atom is -0.257 e. The molecule has 0 saturated heterocycles. The van der Waals surface area contributed by atoms with Gasteiger partial charge in [0.15, 0.2) is 5.82 Å². The van der Waals surface area contributed by atoms with Crippen molar-refractivity contribution in [2.45, 2.75) is 15.8 Å². The molecule has 0 saturated carbocycles. The van der Waals surface area contributed by atoms with Gasteiger partial charge in [0.2, 0.25) is 5.16 Å². The van der Waals surface area contributed by atoms with Crippen LogP contribution in [0.3, 0.4) is 0 Å². The van der Waals surface area contributed by atoms with Gasteiger partial charge in [0, 0.05) is 10.6 Å². The molecule has 6 heteroatoms. The normalized spacial score (nSPS) is 10.8. The van der Waals surface area contributed by atoms with Crippen LogP contribution in [0.1, 0.15) is 5.56 Å². The largest absolute Gasteiger partial charge is 0.257 e. The number of benzene rings is 1. The van der Waals surface area contributed by atoms with Crippen LogP contribution in [0.2, 0.25) is 0 Å². The molecule has 2 heterocycles. The van der Waals surface area contributed by atoms with E-state index in [0.717, 1.165) is 21.6 Å². The van der Waals surface area contributed by atoms with Gasteiger partial charge in [0.25, 0.3) is 0 Å². The fraction of sp³-hybridized carbons (Fsp3) is 0.143. The molecule has 0 fully saturated rings. The third-order valence-corrected chi connectivity index (χ3v) is 5.29. The maximum atomic E-state index is 4.50. The minimum absolute atomic E-state index is 0.794. The zero-order valence-corrected chi connectivity index (χ0v) is 13.3. The van der Waals surface area contributed by atoms with E-state index in [-0.39, 0.29) is 0 Å². The number of hydrogen-bond donors (Lipinski definition) is 1. The minimum atomic E-state index is 0.794. The molecule has 102 valence electrons. The lowest BCUT2D eigenvalue weighted by Crippen LogP contribution is -1.82. The lowest BCUT2D eigenvalue weighted by molar-refractivity contribution is 0.973. The second-order valence-electron chi connectivity index (χ2n) is 4.08. The molecule has 20 heavy (non-hydrogen) atoms. The van der Waals surface area contributed by atoms with Crippen molar-refractivity contribution in [1.82, 2.24) is 15.2 Å². The zero-order valence-electron chi connectivity index (χ0n) is 10.9. The van der Waals surface area contributed by atoms with Crippen LogP contribution in [0.4, 0.5) is 0 Å². The van der Waals surface area contributed by atoms with E-state index in [4.69, 9.17) is 0 Å². The summed E-state index contributed by atoms with van der Waals surface area (Å²) in [5, 5.41) is 10.1. The van der Waals surface area contributed by atoms with Gasteiger partial charge in [-0.05, 0) is 35.4 Å². The Kier molecular flexibility index (Phi) is 4.44. The maximum Gasteiger partial charge on any atom is 0.209 e. The van der Waals surface area contributed by atoms with Crippen molar-refractivity contribution in [3.8, 4) is 10.7 Å². The third kappa shape index (κ3) is 3.26. The zero-order chi connectivity index (χ0) is 13.8. The molecule has 3 nitrogen and oxygen atoms in total. The first kappa shape index (κ1) is 13.7. The molecule has 0 amide bonds. The van der Waals surface area contributed by atoms with Gasteiger partial charge >= 0.3 is 0 Å². The average Bonchev–Trinajstić information content (AvgIpc) is 3.16. The Labute approximate surface area is 130 Å². The molecular weight excluding hydrogens is 306 g/mol. The molecule has 0 spiro atoms. The number of thioether (sulfide) groups is 2. The van der Waals surface area contributed by atoms with Crippen LogP contribution in [-0.2, 0) is 5.75 Å². The molecule has 2 aromatic heterocycles. The summed E-state index contributed by atoms with van der Waals surface area (Å²) in [4.78, 5) is 6.91. The van der Waals surface area contributed by atoms with Gasteiger partial charge in [-0.3, -0.25) is 5.10 Å². The summed E-state index contributed by atoms with van der Waals surface area (Å²) in [6.07, 6.45) is 2.09. The predicted octanol–water partition coefficient (Wildman–Crippen LogP) is 4.55. The van der Waals surface area contributed by atoms with Gasteiger partial charge < -0.3 is 0 Å². The molecule has 0 aliphatic heterocycles. The summed E-state index contributed by atoms with van der Waals surface area (Å²) in [5.74, 6) is 1.73. The van der Waals surface area contributed by atoms with Gasteiger partial charge in [-0.25, -0.2) is 4.98 Å². The molecule has 3 rings (SSSR count). The predicted molar refractivity (Wildman–Crippen MR) is 87.5 cm³/mol. The first-order chi connectivity index (χ1) is 9.85. The van der Waals surface area contributed by atoms with E-state index in [1.165, 1.54) is 10.5 Å². The van der Waals surface area contributed by atoms with Crippen LogP contribution in [0.5, 0.6) is 0 Å². The highest BCUT2D eigenvalue weighted by atomic mass is 32.2. The second-order valence-corrected chi connectivity index (χ2v) is 6.85. The quantitative estimate of drug-likeness (QED) is 0.701.